The van der Waals surface area contributed by atoms with Gasteiger partial charge in [0, 0.05) is 0 Å². The molecule has 0 saturated carbocycles. The fourth-order valence-corrected chi connectivity index (χ4v) is 1.47. The number of furan rings is 1. The van der Waals surface area contributed by atoms with Gasteiger partial charge in [0.1, 0.15) is 5.76 Å². The number of carbonyl (C=O) groups is 1. The van der Waals surface area contributed by atoms with E-state index in [2.05, 4.69) is 0 Å². The van der Waals surface area contributed by atoms with Crippen LogP contribution in [0.4, 0.5) is 0 Å². The molecule has 0 bridgehead atoms. The average Bonchev–Trinajstić information content (AvgIpc) is 2.84. The first-order valence-electron chi connectivity index (χ1n) is 5.19. The molecule has 1 atom stereocenters. The maximum Gasteiger partial charge on any atom is 0.340 e. The summed E-state index contributed by atoms with van der Waals surface area (Å²) in [4.78, 5) is 11.0. The minimum absolute atomic E-state index is 0.235. The van der Waals surface area contributed by atoms with Gasteiger partial charge in [0.25, 0.3) is 0 Å². The van der Waals surface area contributed by atoms with E-state index in [0.717, 1.165) is 5.56 Å². The van der Waals surface area contributed by atoms with Gasteiger partial charge in [0.2, 0.25) is 6.10 Å². The molecule has 1 aromatic carbocycles. The van der Waals surface area contributed by atoms with Crippen LogP contribution in [-0.4, -0.2) is 11.1 Å². The Morgan fingerprint density at radius 2 is 2.00 bits per heavy atom. The highest BCUT2D eigenvalue weighted by Gasteiger charge is 2.23. The Bertz CT molecular complexity index is 461. The molecule has 0 radical (unpaired) electrons. The number of carboxylic acid groups (broad SMARTS) is 1. The van der Waals surface area contributed by atoms with Gasteiger partial charge < -0.3 is 14.3 Å². The summed E-state index contributed by atoms with van der Waals surface area (Å²) in [5.74, 6) is -0.760. The van der Waals surface area contributed by atoms with Crippen LogP contribution in [0.2, 0.25) is 0 Å². The van der Waals surface area contributed by atoms with Gasteiger partial charge in [0.05, 0.1) is 12.9 Å². The van der Waals surface area contributed by atoms with Gasteiger partial charge in [-0.05, 0) is 17.7 Å². The number of benzene rings is 1. The Morgan fingerprint density at radius 1 is 1.24 bits per heavy atom. The number of hydrogen-bond acceptors (Lipinski definition) is 3. The van der Waals surface area contributed by atoms with Gasteiger partial charge in [-0.15, -0.1) is 0 Å². The minimum Gasteiger partial charge on any atom is -0.479 e. The predicted molar refractivity (Wildman–Crippen MR) is 60.3 cm³/mol. The topological polar surface area (TPSA) is 59.7 Å². The summed E-state index contributed by atoms with van der Waals surface area (Å²) in [5.41, 5.74) is 0.922. The lowest BCUT2D eigenvalue weighted by molar-refractivity contribution is -0.153. The average molecular weight is 232 g/mol. The van der Waals surface area contributed by atoms with Gasteiger partial charge in [0.15, 0.2) is 0 Å². The molecule has 0 aliphatic rings. The number of hydrogen-bond donors (Lipinski definition) is 1. The third kappa shape index (κ3) is 2.95. The highest BCUT2D eigenvalue weighted by molar-refractivity contribution is 5.73. The standard InChI is InChI=1S/C13H12O4/c14-13(15)12(11-7-4-8-16-11)17-9-10-5-2-1-3-6-10/h1-8,12H,9H2,(H,14,15). The monoisotopic (exact) mass is 232 g/mol. The molecule has 1 aromatic heterocycles. The maximum atomic E-state index is 11.0. The summed E-state index contributed by atoms with van der Waals surface area (Å²) in [6, 6.07) is 12.6. The van der Waals surface area contributed by atoms with Crippen molar-refractivity contribution in [1.82, 2.24) is 0 Å². The van der Waals surface area contributed by atoms with E-state index in [0.29, 0.717) is 5.76 Å². The van der Waals surface area contributed by atoms with Crippen molar-refractivity contribution in [2.24, 2.45) is 0 Å². The molecular formula is C13H12O4. The molecule has 4 heteroatoms. The maximum absolute atomic E-state index is 11.0. The molecule has 0 fully saturated rings. The minimum atomic E-state index is -1.06. The Morgan fingerprint density at radius 3 is 2.59 bits per heavy atom. The van der Waals surface area contributed by atoms with Crippen LogP contribution in [0.15, 0.2) is 53.1 Å². The van der Waals surface area contributed by atoms with Crippen molar-refractivity contribution in [2.45, 2.75) is 12.7 Å². The van der Waals surface area contributed by atoms with E-state index in [-0.39, 0.29) is 6.61 Å². The number of rotatable bonds is 5. The quantitative estimate of drug-likeness (QED) is 0.860. The van der Waals surface area contributed by atoms with Crippen molar-refractivity contribution in [2.75, 3.05) is 0 Å². The lowest BCUT2D eigenvalue weighted by Crippen LogP contribution is -2.14. The Kier molecular flexibility index (Phi) is 3.57. The largest absolute Gasteiger partial charge is 0.479 e. The van der Waals surface area contributed by atoms with Crippen molar-refractivity contribution in [1.29, 1.82) is 0 Å². The van der Waals surface area contributed by atoms with Crippen molar-refractivity contribution in [3.63, 3.8) is 0 Å². The molecule has 0 saturated heterocycles. The van der Waals surface area contributed by atoms with Crippen molar-refractivity contribution >= 4 is 5.97 Å². The normalized spacial score (nSPS) is 12.2. The van der Waals surface area contributed by atoms with E-state index in [1.165, 1.54) is 6.26 Å². The molecule has 4 nitrogen and oxygen atoms in total. The lowest BCUT2D eigenvalue weighted by atomic mass is 10.2. The van der Waals surface area contributed by atoms with Crippen LogP contribution in [0, 0.1) is 0 Å². The van der Waals surface area contributed by atoms with Gasteiger partial charge in [-0.3, -0.25) is 0 Å². The van der Waals surface area contributed by atoms with Gasteiger partial charge in [-0.2, -0.15) is 0 Å². The van der Waals surface area contributed by atoms with Crippen LogP contribution in [0.1, 0.15) is 17.4 Å². The van der Waals surface area contributed by atoms with Crippen LogP contribution in [0.5, 0.6) is 0 Å². The molecule has 88 valence electrons. The van der Waals surface area contributed by atoms with E-state index in [1.54, 1.807) is 12.1 Å². The smallest absolute Gasteiger partial charge is 0.340 e. The van der Waals surface area contributed by atoms with E-state index < -0.39 is 12.1 Å². The van der Waals surface area contributed by atoms with E-state index in [4.69, 9.17) is 14.3 Å². The first-order chi connectivity index (χ1) is 8.27. The number of carboxylic acids is 1. The summed E-state index contributed by atoms with van der Waals surface area (Å²) in [5, 5.41) is 9.04. The fourth-order valence-electron chi connectivity index (χ4n) is 1.47. The summed E-state index contributed by atoms with van der Waals surface area (Å²) < 4.78 is 10.4. The zero-order valence-electron chi connectivity index (χ0n) is 9.08. The van der Waals surface area contributed by atoms with Gasteiger partial charge >= 0.3 is 5.97 Å². The number of aliphatic carboxylic acids is 1. The zero-order valence-corrected chi connectivity index (χ0v) is 9.08. The van der Waals surface area contributed by atoms with Gasteiger partial charge in [-0.25, -0.2) is 4.79 Å². The first-order valence-corrected chi connectivity index (χ1v) is 5.19. The summed E-state index contributed by atoms with van der Waals surface area (Å²) >= 11 is 0. The summed E-state index contributed by atoms with van der Waals surface area (Å²) in [7, 11) is 0. The molecule has 2 aromatic rings. The Labute approximate surface area is 98.4 Å². The molecule has 0 aliphatic carbocycles. The van der Waals surface area contributed by atoms with Crippen LogP contribution < -0.4 is 0 Å². The van der Waals surface area contributed by atoms with E-state index in [1.807, 2.05) is 30.3 Å². The van der Waals surface area contributed by atoms with Crippen LogP contribution in [0.25, 0.3) is 0 Å². The highest BCUT2D eigenvalue weighted by Crippen LogP contribution is 2.19. The summed E-state index contributed by atoms with van der Waals surface area (Å²) in [6.07, 6.45) is 0.363. The predicted octanol–water partition coefficient (Wildman–Crippen LogP) is 2.62. The van der Waals surface area contributed by atoms with Crippen molar-refractivity contribution in [3.05, 3.63) is 60.1 Å². The van der Waals surface area contributed by atoms with Crippen LogP contribution >= 0.6 is 0 Å². The van der Waals surface area contributed by atoms with Crippen LogP contribution in [0.3, 0.4) is 0 Å². The van der Waals surface area contributed by atoms with Crippen molar-refractivity contribution < 1.29 is 19.1 Å². The number of ether oxygens (including phenoxy) is 1. The van der Waals surface area contributed by atoms with E-state index >= 15 is 0 Å². The third-order valence-electron chi connectivity index (χ3n) is 2.29. The molecule has 1 unspecified atom stereocenters. The first kappa shape index (κ1) is 11.4. The summed E-state index contributed by atoms with van der Waals surface area (Å²) in [6.45, 7) is 0.235. The highest BCUT2D eigenvalue weighted by atomic mass is 16.5. The second-order valence-electron chi connectivity index (χ2n) is 3.53. The SMILES string of the molecule is O=C(O)C(OCc1ccccc1)c1ccco1. The Balaban J connectivity index is 2.03. The third-order valence-corrected chi connectivity index (χ3v) is 2.29. The Hall–Kier alpha value is -2.07. The van der Waals surface area contributed by atoms with Crippen LogP contribution in [-0.2, 0) is 16.1 Å². The molecule has 2 rings (SSSR count). The second-order valence-corrected chi connectivity index (χ2v) is 3.53. The molecular weight excluding hydrogens is 220 g/mol. The van der Waals surface area contributed by atoms with Crippen molar-refractivity contribution in [3.8, 4) is 0 Å². The second kappa shape index (κ2) is 5.32. The van der Waals surface area contributed by atoms with E-state index in [9.17, 15) is 4.79 Å². The fraction of sp³-hybridized carbons (Fsp3) is 0.154. The van der Waals surface area contributed by atoms with Gasteiger partial charge in [-0.1, -0.05) is 30.3 Å². The molecule has 1 N–H and O–H groups in total. The molecule has 0 amide bonds. The molecule has 17 heavy (non-hydrogen) atoms. The molecule has 1 heterocycles. The molecule has 0 spiro atoms. The lowest BCUT2D eigenvalue weighted by Gasteiger charge is -2.11. The zero-order chi connectivity index (χ0) is 12.1. The molecule has 0 aliphatic heterocycles.